The number of ether oxygens (including phenoxy) is 2. The Morgan fingerprint density at radius 1 is 0.957 bits per heavy atom. The highest BCUT2D eigenvalue weighted by Gasteiger charge is 2.33. The number of carboxylic acid groups (broad SMARTS) is 1. The predicted octanol–water partition coefficient (Wildman–Crippen LogP) is 6.84. The maximum atomic E-state index is 12.9. The standard InChI is InChI=1S/C37H51N3O7/c1-37(2,3)47-35(43)38-29-15-17-30(18-16-29)40(36(44)45)33-23-26(14-21-32(33)28-10-6-5-7-11-28)9-8-22-39(4)34(42)25-46-31-19-12-27(24-41)13-20-31/h5-7,10-11,14,21,23-24,27,29-31H,8-9,12-13,15-20,22,25H2,1-4H3,(H,38,43)(H,44,45)/t27-,29-,30-,31-. The Labute approximate surface area is 278 Å². The summed E-state index contributed by atoms with van der Waals surface area (Å²) in [4.78, 5) is 52.1. The number of aldehydes is 1. The van der Waals surface area contributed by atoms with Gasteiger partial charge in [0, 0.05) is 37.2 Å². The smallest absolute Gasteiger partial charge is 0.412 e. The molecular weight excluding hydrogens is 598 g/mol. The van der Waals surface area contributed by atoms with Crippen molar-refractivity contribution >= 4 is 30.1 Å². The fourth-order valence-corrected chi connectivity index (χ4v) is 6.54. The molecule has 0 spiro atoms. The lowest BCUT2D eigenvalue weighted by Crippen LogP contribution is -2.47. The third-order valence-electron chi connectivity index (χ3n) is 9.13. The highest BCUT2D eigenvalue weighted by molar-refractivity contribution is 5.93. The number of carbonyl (C=O) groups excluding carboxylic acids is 3. The van der Waals surface area contributed by atoms with Gasteiger partial charge in [-0.3, -0.25) is 9.69 Å². The topological polar surface area (TPSA) is 125 Å². The van der Waals surface area contributed by atoms with Crippen molar-refractivity contribution in [2.45, 2.75) is 109 Å². The van der Waals surface area contributed by atoms with Gasteiger partial charge in [0.25, 0.3) is 0 Å². The van der Waals surface area contributed by atoms with E-state index in [2.05, 4.69) is 5.32 Å². The number of rotatable bonds is 12. The van der Waals surface area contributed by atoms with Crippen LogP contribution in [0.5, 0.6) is 0 Å². The zero-order valence-corrected chi connectivity index (χ0v) is 28.3. The molecule has 2 aliphatic carbocycles. The number of nitrogens with one attached hydrogen (secondary N) is 1. The Bertz CT molecular complexity index is 1340. The first kappa shape index (κ1) is 35.9. The van der Waals surface area contributed by atoms with E-state index in [0.717, 1.165) is 48.7 Å². The molecule has 2 N–H and O–H groups in total. The van der Waals surface area contributed by atoms with Gasteiger partial charge in [0.05, 0.1) is 11.8 Å². The van der Waals surface area contributed by atoms with Crippen LogP contribution in [0.1, 0.15) is 84.1 Å². The molecule has 4 rings (SSSR count). The third-order valence-corrected chi connectivity index (χ3v) is 9.13. The van der Waals surface area contributed by atoms with Crippen molar-refractivity contribution in [1.82, 2.24) is 10.2 Å². The molecule has 2 aromatic carbocycles. The molecule has 2 aliphatic rings. The first-order chi connectivity index (χ1) is 22.4. The molecule has 3 amide bonds. The van der Waals surface area contributed by atoms with Gasteiger partial charge in [-0.15, -0.1) is 0 Å². The van der Waals surface area contributed by atoms with Crippen LogP contribution in [0.15, 0.2) is 48.5 Å². The van der Waals surface area contributed by atoms with Crippen molar-refractivity contribution < 1.29 is 33.8 Å². The molecule has 47 heavy (non-hydrogen) atoms. The van der Waals surface area contributed by atoms with Crippen LogP contribution in [0.25, 0.3) is 11.1 Å². The van der Waals surface area contributed by atoms with Crippen molar-refractivity contribution in [3.05, 3.63) is 54.1 Å². The summed E-state index contributed by atoms with van der Waals surface area (Å²) >= 11 is 0. The lowest BCUT2D eigenvalue weighted by molar-refractivity contribution is -0.138. The zero-order chi connectivity index (χ0) is 34.0. The number of aryl methyl sites for hydroxylation is 1. The summed E-state index contributed by atoms with van der Waals surface area (Å²) in [5, 5.41) is 13.5. The molecule has 10 heteroatoms. The van der Waals surface area contributed by atoms with E-state index in [9.17, 15) is 24.3 Å². The Hall–Kier alpha value is -3.92. The Balaban J connectivity index is 1.39. The fraction of sp³-hybridized carbons (Fsp3) is 0.568. The van der Waals surface area contributed by atoms with E-state index in [-0.39, 0.29) is 36.6 Å². The molecule has 0 radical (unpaired) electrons. The molecule has 2 saturated carbocycles. The normalized spacial score (nSPS) is 21.4. The molecule has 0 aromatic heterocycles. The second-order valence-corrected chi connectivity index (χ2v) is 13.9. The highest BCUT2D eigenvalue weighted by atomic mass is 16.6. The largest absolute Gasteiger partial charge is 0.465 e. The van der Waals surface area contributed by atoms with E-state index in [1.165, 1.54) is 4.90 Å². The van der Waals surface area contributed by atoms with Crippen molar-refractivity contribution in [3.8, 4) is 11.1 Å². The van der Waals surface area contributed by atoms with Crippen LogP contribution in [0.4, 0.5) is 15.3 Å². The van der Waals surface area contributed by atoms with Crippen LogP contribution in [0.3, 0.4) is 0 Å². The van der Waals surface area contributed by atoms with Crippen LogP contribution >= 0.6 is 0 Å². The number of likely N-dealkylation sites (N-methyl/N-ethyl adjacent to an activating group) is 1. The first-order valence-electron chi connectivity index (χ1n) is 16.9. The molecular formula is C37H51N3O7. The van der Waals surface area contributed by atoms with Gasteiger partial charge in [-0.05, 0) is 102 Å². The summed E-state index contributed by atoms with van der Waals surface area (Å²) in [6.07, 6.45) is 6.74. The number of nitrogens with zero attached hydrogens (tertiary/aromatic N) is 2. The maximum absolute atomic E-state index is 12.9. The van der Waals surface area contributed by atoms with Crippen LogP contribution < -0.4 is 10.2 Å². The summed E-state index contributed by atoms with van der Waals surface area (Å²) < 4.78 is 11.3. The number of amides is 3. The summed E-state index contributed by atoms with van der Waals surface area (Å²) in [7, 11) is 1.78. The average Bonchev–Trinajstić information content (AvgIpc) is 3.04. The van der Waals surface area contributed by atoms with E-state index < -0.39 is 17.8 Å². The molecule has 0 atom stereocenters. The number of carbonyl (C=O) groups is 4. The summed E-state index contributed by atoms with van der Waals surface area (Å²) in [6, 6.07) is 15.5. The summed E-state index contributed by atoms with van der Waals surface area (Å²) in [5.41, 5.74) is 2.84. The van der Waals surface area contributed by atoms with Crippen molar-refractivity contribution in [2.24, 2.45) is 5.92 Å². The number of anilines is 1. The second-order valence-electron chi connectivity index (χ2n) is 13.9. The average molecular weight is 650 g/mol. The molecule has 256 valence electrons. The quantitative estimate of drug-likeness (QED) is 0.241. The summed E-state index contributed by atoms with van der Waals surface area (Å²) in [6.45, 7) is 6.06. The Morgan fingerprint density at radius 3 is 2.26 bits per heavy atom. The zero-order valence-electron chi connectivity index (χ0n) is 28.3. The second kappa shape index (κ2) is 16.8. The Kier molecular flexibility index (Phi) is 12.8. The monoisotopic (exact) mass is 649 g/mol. The molecule has 2 aromatic rings. The summed E-state index contributed by atoms with van der Waals surface area (Å²) in [5.74, 6) is 0.0395. The van der Waals surface area contributed by atoms with Crippen LogP contribution in [-0.4, -0.2) is 78.4 Å². The molecule has 0 aliphatic heterocycles. The number of alkyl carbamates (subject to hydrolysis) is 1. The minimum atomic E-state index is -1.01. The van der Waals surface area contributed by atoms with Crippen LogP contribution in [0, 0.1) is 5.92 Å². The first-order valence-corrected chi connectivity index (χ1v) is 16.9. The fourth-order valence-electron chi connectivity index (χ4n) is 6.54. The van der Waals surface area contributed by atoms with E-state index in [0.29, 0.717) is 50.8 Å². The maximum Gasteiger partial charge on any atom is 0.412 e. The van der Waals surface area contributed by atoms with Crippen LogP contribution in [0.2, 0.25) is 0 Å². The van der Waals surface area contributed by atoms with Gasteiger partial charge in [0.1, 0.15) is 18.5 Å². The van der Waals surface area contributed by atoms with Gasteiger partial charge >= 0.3 is 12.2 Å². The lowest BCUT2D eigenvalue weighted by Gasteiger charge is -2.36. The van der Waals surface area contributed by atoms with Gasteiger partial charge in [0.2, 0.25) is 5.91 Å². The van der Waals surface area contributed by atoms with Gasteiger partial charge < -0.3 is 29.6 Å². The molecule has 10 nitrogen and oxygen atoms in total. The van der Waals surface area contributed by atoms with Gasteiger partial charge in [-0.1, -0.05) is 42.5 Å². The van der Waals surface area contributed by atoms with E-state index >= 15 is 0 Å². The van der Waals surface area contributed by atoms with E-state index in [1.807, 2.05) is 69.3 Å². The van der Waals surface area contributed by atoms with Crippen molar-refractivity contribution in [1.29, 1.82) is 0 Å². The SMILES string of the molecule is CN(CCCc1ccc(-c2ccccc2)c(N(C(=O)O)[C@H]2CC[C@H](NC(=O)OC(C)(C)C)CC2)c1)C(=O)CO[C@H]1CC[C@H](C=O)CC1. The van der Waals surface area contributed by atoms with Gasteiger partial charge in [-0.25, -0.2) is 9.59 Å². The minimum absolute atomic E-state index is 0.0265. The molecule has 0 saturated heterocycles. The predicted molar refractivity (Wildman–Crippen MR) is 182 cm³/mol. The number of hydrogen-bond acceptors (Lipinski definition) is 6. The number of hydrogen-bond donors (Lipinski definition) is 2. The van der Waals surface area contributed by atoms with Gasteiger partial charge in [-0.2, -0.15) is 0 Å². The van der Waals surface area contributed by atoms with Gasteiger partial charge in [0.15, 0.2) is 0 Å². The molecule has 0 unspecified atom stereocenters. The third kappa shape index (κ3) is 10.8. The lowest BCUT2D eigenvalue weighted by atomic mass is 9.88. The molecule has 0 heterocycles. The van der Waals surface area contributed by atoms with Crippen molar-refractivity contribution in [3.63, 3.8) is 0 Å². The van der Waals surface area contributed by atoms with Crippen molar-refractivity contribution in [2.75, 3.05) is 25.1 Å². The minimum Gasteiger partial charge on any atom is -0.465 e. The molecule has 0 bridgehead atoms. The molecule has 2 fully saturated rings. The Morgan fingerprint density at radius 2 is 1.64 bits per heavy atom. The number of benzene rings is 2. The highest BCUT2D eigenvalue weighted by Crippen LogP contribution is 2.37. The van der Waals surface area contributed by atoms with E-state index in [4.69, 9.17) is 9.47 Å². The van der Waals surface area contributed by atoms with E-state index in [1.54, 1.807) is 11.9 Å². The van der Waals surface area contributed by atoms with Crippen LogP contribution in [-0.2, 0) is 25.5 Å².